The fourth-order valence-electron chi connectivity index (χ4n) is 0.107. The van der Waals surface area contributed by atoms with E-state index in [1.807, 2.05) is 0 Å². The zero-order chi connectivity index (χ0) is 4.83. The van der Waals surface area contributed by atoms with Crippen LogP contribution in [-0.4, -0.2) is 36.2 Å². The average molecular weight is 130 g/mol. The molecule has 0 aromatic rings. The maximum atomic E-state index is 9.50. The Labute approximate surface area is 66.5 Å². The first kappa shape index (κ1) is 10.8. The van der Waals surface area contributed by atoms with Crippen molar-refractivity contribution < 1.29 is 9.09 Å². The van der Waals surface area contributed by atoms with Gasteiger partial charge in [-0.25, -0.2) is 0 Å². The molecule has 0 radical (unpaired) electrons. The summed E-state index contributed by atoms with van der Waals surface area (Å²) in [5.74, 6) is 0. The third-order valence-electron chi connectivity index (χ3n) is 0.282. The van der Waals surface area contributed by atoms with Crippen molar-refractivity contribution in [2.75, 3.05) is 6.61 Å². The fraction of sp³-hybridized carbons (Fsp3) is 0.333. The first-order valence-corrected chi connectivity index (χ1v) is 2.52. The monoisotopic (exact) mass is 130 g/mol. The fourth-order valence-corrected chi connectivity index (χ4v) is 0.322. The van der Waals surface area contributed by atoms with E-state index in [4.69, 9.17) is 0 Å². The molecule has 0 amide bonds. The van der Waals surface area contributed by atoms with Crippen molar-refractivity contribution in [3.63, 3.8) is 0 Å². The molecule has 7 heavy (non-hydrogen) atoms. The van der Waals surface area contributed by atoms with Gasteiger partial charge in [-0.1, -0.05) is 6.08 Å². The molecule has 0 N–H and O–H groups in total. The predicted octanol–water partition coefficient (Wildman–Crippen LogP) is 0.212. The van der Waals surface area contributed by atoms with Gasteiger partial charge in [0.15, 0.2) is 8.69 Å². The third-order valence-corrected chi connectivity index (χ3v) is 0.611. The molecular weight excluding hydrogens is 122 g/mol. The Morgan fingerprint density at radius 1 is 1.86 bits per heavy atom. The molecule has 0 aromatic carbocycles. The van der Waals surface area contributed by atoms with E-state index in [9.17, 15) is 4.57 Å². The Bertz CT molecular complexity index is 48.9. The first-order valence-electron chi connectivity index (χ1n) is 1.58. The average Bonchev–Trinajstić information content (AvgIpc) is 1.61. The second kappa shape index (κ2) is 10.0. The van der Waals surface area contributed by atoms with E-state index in [1.165, 1.54) is 0 Å². The van der Waals surface area contributed by atoms with Crippen molar-refractivity contribution in [2.24, 2.45) is 0 Å². The zero-order valence-electron chi connectivity index (χ0n) is 3.39. The van der Waals surface area contributed by atoms with Gasteiger partial charge in [-0.2, -0.15) is 0 Å². The van der Waals surface area contributed by atoms with Crippen LogP contribution in [0.15, 0.2) is 12.7 Å². The van der Waals surface area contributed by atoms with Crippen LogP contribution in [0, 0.1) is 0 Å². The molecular formula is C3H8NaO2P. The van der Waals surface area contributed by atoms with Gasteiger partial charge in [-0.15, -0.1) is 6.58 Å². The summed E-state index contributed by atoms with van der Waals surface area (Å²) < 4.78 is 13.9. The molecule has 2 nitrogen and oxygen atoms in total. The van der Waals surface area contributed by atoms with Crippen LogP contribution in [0.25, 0.3) is 0 Å². The van der Waals surface area contributed by atoms with Crippen molar-refractivity contribution in [1.29, 1.82) is 0 Å². The minimum absolute atomic E-state index is 0. The molecule has 1 atom stereocenters. The van der Waals surface area contributed by atoms with Crippen molar-refractivity contribution in [1.82, 2.24) is 0 Å². The molecule has 0 spiro atoms. The first-order chi connectivity index (χ1) is 2.91. The number of hydrogen-bond acceptors (Lipinski definition) is 2. The Morgan fingerprint density at radius 2 is 2.43 bits per heavy atom. The molecule has 0 saturated heterocycles. The summed E-state index contributed by atoms with van der Waals surface area (Å²) in [6.07, 6.45) is 1.56. The van der Waals surface area contributed by atoms with Crippen LogP contribution in [0.1, 0.15) is 0 Å². The van der Waals surface area contributed by atoms with E-state index in [-0.39, 0.29) is 29.6 Å². The quantitative estimate of drug-likeness (QED) is 0.236. The van der Waals surface area contributed by atoms with Crippen LogP contribution < -0.4 is 0 Å². The molecule has 0 aromatic heterocycles. The topological polar surface area (TPSA) is 26.3 Å². The van der Waals surface area contributed by atoms with Gasteiger partial charge in [0.05, 0.1) is 6.61 Å². The summed E-state index contributed by atoms with van der Waals surface area (Å²) in [5, 5.41) is 0. The van der Waals surface area contributed by atoms with Crippen molar-refractivity contribution in [3.05, 3.63) is 12.7 Å². The molecule has 0 heterocycles. The molecule has 0 fully saturated rings. The Kier molecular flexibility index (Phi) is 15.5. The third kappa shape index (κ3) is 10.9. The van der Waals surface area contributed by atoms with Gasteiger partial charge in [0.2, 0.25) is 0 Å². The molecule has 4 heteroatoms. The molecule has 0 aliphatic carbocycles. The van der Waals surface area contributed by atoms with Crippen molar-refractivity contribution in [3.8, 4) is 0 Å². The van der Waals surface area contributed by atoms with Gasteiger partial charge < -0.3 is 4.52 Å². The SMILES string of the molecule is C=CCO[PH2]=O.[NaH]. The van der Waals surface area contributed by atoms with Gasteiger partial charge in [-0.05, 0) is 0 Å². The van der Waals surface area contributed by atoms with E-state index in [1.54, 1.807) is 6.08 Å². The molecule has 0 bridgehead atoms. The van der Waals surface area contributed by atoms with Crippen LogP contribution >= 0.6 is 8.69 Å². The van der Waals surface area contributed by atoms with Crippen molar-refractivity contribution in [2.45, 2.75) is 0 Å². The van der Waals surface area contributed by atoms with E-state index < -0.39 is 8.69 Å². The number of hydrogen-bond donors (Lipinski definition) is 0. The summed E-state index contributed by atoms with van der Waals surface area (Å²) in [7, 11) is -1.04. The zero-order valence-corrected chi connectivity index (χ0v) is 4.54. The van der Waals surface area contributed by atoms with E-state index in [0.29, 0.717) is 6.61 Å². The van der Waals surface area contributed by atoms with Gasteiger partial charge in [0, 0.05) is 0 Å². The van der Waals surface area contributed by atoms with Gasteiger partial charge in [-0.3, -0.25) is 4.57 Å². The second-order valence-electron chi connectivity index (χ2n) is 0.718. The summed E-state index contributed by atoms with van der Waals surface area (Å²) in [5.41, 5.74) is 0. The van der Waals surface area contributed by atoms with E-state index in [2.05, 4.69) is 11.1 Å². The predicted molar refractivity (Wildman–Crippen MR) is 33.7 cm³/mol. The Balaban J connectivity index is 0. The van der Waals surface area contributed by atoms with Gasteiger partial charge >= 0.3 is 29.6 Å². The molecule has 0 rings (SSSR count). The van der Waals surface area contributed by atoms with Gasteiger partial charge in [0.1, 0.15) is 0 Å². The summed E-state index contributed by atoms with van der Waals surface area (Å²) in [6.45, 7) is 3.75. The molecule has 1 unspecified atom stereocenters. The Morgan fingerprint density at radius 3 is 2.57 bits per heavy atom. The Hall–Kier alpha value is 0.930. The van der Waals surface area contributed by atoms with Crippen molar-refractivity contribution >= 4 is 38.2 Å². The molecule has 38 valence electrons. The standard InChI is InChI=1S/C3H7O2P.Na.H/c1-2-3-5-6-4;;/h2H,1,3,6H2;;. The number of rotatable bonds is 3. The summed E-state index contributed by atoms with van der Waals surface area (Å²) in [4.78, 5) is 0. The van der Waals surface area contributed by atoms with Crippen LogP contribution in [0.5, 0.6) is 0 Å². The minimum atomic E-state index is -1.04. The molecule has 0 aliphatic heterocycles. The van der Waals surface area contributed by atoms with Crippen LogP contribution in [0.2, 0.25) is 0 Å². The van der Waals surface area contributed by atoms with Crippen LogP contribution in [-0.2, 0) is 9.09 Å². The second-order valence-corrected chi connectivity index (χ2v) is 1.24. The molecule has 0 aliphatic rings. The van der Waals surface area contributed by atoms with Crippen LogP contribution in [0.4, 0.5) is 0 Å². The van der Waals surface area contributed by atoms with Crippen LogP contribution in [0.3, 0.4) is 0 Å². The summed E-state index contributed by atoms with van der Waals surface area (Å²) in [6, 6.07) is 0. The van der Waals surface area contributed by atoms with Gasteiger partial charge in [0.25, 0.3) is 0 Å². The van der Waals surface area contributed by atoms with E-state index in [0.717, 1.165) is 0 Å². The molecule has 0 saturated carbocycles. The van der Waals surface area contributed by atoms with E-state index >= 15 is 0 Å². The summed E-state index contributed by atoms with van der Waals surface area (Å²) >= 11 is 0. The maximum absolute atomic E-state index is 9.50. The normalized spacial score (nSPS) is 8.57.